The number of aromatic nitrogens is 1. The van der Waals surface area contributed by atoms with Gasteiger partial charge in [-0.05, 0) is 24.3 Å². The van der Waals surface area contributed by atoms with Gasteiger partial charge in [0.2, 0.25) is 5.43 Å². The third-order valence-electron chi connectivity index (χ3n) is 3.71. The number of carbonyl (C=O) groups is 1. The van der Waals surface area contributed by atoms with Gasteiger partial charge in [0.1, 0.15) is 11.3 Å². The van der Waals surface area contributed by atoms with Crippen LogP contribution in [0.5, 0.6) is 5.75 Å². The number of carbonyl (C=O) groups excluding carboxylic acids is 1. The molecule has 2 N–H and O–H groups in total. The molecule has 0 radical (unpaired) electrons. The van der Waals surface area contributed by atoms with Crippen molar-refractivity contribution >= 4 is 22.5 Å². The van der Waals surface area contributed by atoms with Gasteiger partial charge >= 0.3 is 6.18 Å². The lowest BCUT2D eigenvalue weighted by Gasteiger charge is -2.14. The van der Waals surface area contributed by atoms with Crippen molar-refractivity contribution in [1.29, 1.82) is 0 Å². The number of pyridine rings is 1. The summed E-state index contributed by atoms with van der Waals surface area (Å²) in [5.74, 6) is -2.62. The first-order valence-electron chi connectivity index (χ1n) is 7.21. The molecule has 3 aromatic rings. The van der Waals surface area contributed by atoms with Crippen LogP contribution in [0.3, 0.4) is 0 Å². The standard InChI is InChI=1S/C17H10F4N2O3/c18-17(19,20)12-6-5-9(7-14(12)24)23(21)16(26)11-8-22-13-4-2-1-3-10(13)15(11)25/h1-8,24H,(H,22,25). The fourth-order valence-electron chi connectivity index (χ4n) is 2.43. The van der Waals surface area contributed by atoms with E-state index in [0.29, 0.717) is 23.7 Å². The Morgan fingerprint density at radius 3 is 2.46 bits per heavy atom. The molecule has 0 spiro atoms. The zero-order valence-corrected chi connectivity index (χ0v) is 12.8. The average Bonchev–Trinajstić information content (AvgIpc) is 2.60. The van der Waals surface area contributed by atoms with Crippen LogP contribution >= 0.6 is 0 Å². The van der Waals surface area contributed by atoms with E-state index < -0.39 is 45.2 Å². The van der Waals surface area contributed by atoms with Crippen LogP contribution in [0, 0.1) is 0 Å². The fraction of sp³-hybridized carbons (Fsp3) is 0.0588. The van der Waals surface area contributed by atoms with Crippen LogP contribution in [0.2, 0.25) is 0 Å². The summed E-state index contributed by atoms with van der Waals surface area (Å²) < 4.78 is 52.2. The van der Waals surface area contributed by atoms with Crippen LogP contribution in [0.15, 0.2) is 53.5 Å². The number of rotatable bonds is 2. The van der Waals surface area contributed by atoms with Crippen molar-refractivity contribution in [2.45, 2.75) is 6.18 Å². The molecule has 0 atom stereocenters. The number of aromatic amines is 1. The van der Waals surface area contributed by atoms with Gasteiger partial charge in [-0.25, -0.2) is 0 Å². The number of fused-ring (bicyclic) bond motifs is 1. The third-order valence-corrected chi connectivity index (χ3v) is 3.71. The lowest BCUT2D eigenvalue weighted by Crippen LogP contribution is -2.28. The number of para-hydroxylation sites is 1. The highest BCUT2D eigenvalue weighted by molar-refractivity contribution is 6.06. The van der Waals surface area contributed by atoms with Gasteiger partial charge in [-0.3, -0.25) is 9.59 Å². The van der Waals surface area contributed by atoms with E-state index in [1.807, 2.05) is 0 Å². The van der Waals surface area contributed by atoms with Crippen molar-refractivity contribution in [3.05, 3.63) is 70.0 Å². The van der Waals surface area contributed by atoms with Gasteiger partial charge in [-0.1, -0.05) is 16.6 Å². The summed E-state index contributed by atoms with van der Waals surface area (Å²) in [6.45, 7) is 0. The van der Waals surface area contributed by atoms with Crippen LogP contribution in [-0.4, -0.2) is 16.0 Å². The molecule has 0 saturated heterocycles. The number of nitrogens with one attached hydrogen (secondary N) is 1. The Balaban J connectivity index is 1.99. The highest BCUT2D eigenvalue weighted by Crippen LogP contribution is 2.37. The van der Waals surface area contributed by atoms with E-state index in [1.165, 1.54) is 6.07 Å². The zero-order chi connectivity index (χ0) is 19.1. The lowest BCUT2D eigenvalue weighted by molar-refractivity contribution is -0.138. The first-order chi connectivity index (χ1) is 12.2. The minimum absolute atomic E-state index is 0.155. The molecule has 0 saturated carbocycles. The maximum absolute atomic E-state index is 14.3. The summed E-state index contributed by atoms with van der Waals surface area (Å²) in [6.07, 6.45) is -3.81. The number of aromatic hydroxyl groups is 1. The Morgan fingerprint density at radius 1 is 1.12 bits per heavy atom. The molecule has 2 aromatic carbocycles. The maximum atomic E-state index is 14.3. The normalized spacial score (nSPS) is 11.5. The quantitative estimate of drug-likeness (QED) is 0.535. The largest absolute Gasteiger partial charge is 0.507 e. The topological polar surface area (TPSA) is 73.4 Å². The number of hydrogen-bond acceptors (Lipinski definition) is 3. The van der Waals surface area contributed by atoms with Gasteiger partial charge in [-0.2, -0.15) is 13.2 Å². The lowest BCUT2D eigenvalue weighted by atomic mass is 10.1. The summed E-state index contributed by atoms with van der Waals surface area (Å²) in [7, 11) is 0. The molecule has 0 fully saturated rings. The van der Waals surface area contributed by atoms with Crippen LogP contribution < -0.4 is 10.6 Å². The minimum atomic E-state index is -4.83. The van der Waals surface area contributed by atoms with Crippen molar-refractivity contribution in [1.82, 2.24) is 4.98 Å². The predicted octanol–water partition coefficient (Wildman–Crippen LogP) is 3.78. The number of H-pyrrole nitrogens is 1. The Labute approximate surface area is 143 Å². The van der Waals surface area contributed by atoms with Gasteiger partial charge in [0, 0.05) is 23.2 Å². The number of nitrogens with zero attached hydrogens (tertiary/aromatic N) is 1. The summed E-state index contributed by atoms with van der Waals surface area (Å²) in [6, 6.07) is 7.82. The Morgan fingerprint density at radius 2 is 1.81 bits per heavy atom. The van der Waals surface area contributed by atoms with E-state index in [9.17, 15) is 32.3 Å². The molecule has 0 unspecified atom stereocenters. The molecular weight excluding hydrogens is 356 g/mol. The molecule has 134 valence electrons. The molecule has 26 heavy (non-hydrogen) atoms. The molecule has 9 heteroatoms. The summed E-state index contributed by atoms with van der Waals surface area (Å²) >= 11 is 0. The molecule has 0 aliphatic carbocycles. The van der Waals surface area contributed by atoms with E-state index >= 15 is 0 Å². The second kappa shape index (κ2) is 6.17. The highest BCUT2D eigenvalue weighted by Gasteiger charge is 2.34. The first kappa shape index (κ1) is 17.5. The Bertz CT molecular complexity index is 1060. The second-order valence-electron chi connectivity index (χ2n) is 5.36. The number of phenolic OH excluding ortho intramolecular Hbond substituents is 1. The average molecular weight is 366 g/mol. The van der Waals surface area contributed by atoms with Gasteiger partial charge < -0.3 is 10.1 Å². The van der Waals surface area contributed by atoms with Crippen molar-refractivity contribution in [2.75, 3.05) is 5.12 Å². The van der Waals surface area contributed by atoms with Crippen LogP contribution in [0.1, 0.15) is 15.9 Å². The number of benzene rings is 2. The van der Waals surface area contributed by atoms with Crippen molar-refractivity contribution < 1.29 is 27.6 Å². The number of hydrogen-bond donors (Lipinski definition) is 2. The molecule has 1 aromatic heterocycles. The highest BCUT2D eigenvalue weighted by atomic mass is 19.4. The predicted molar refractivity (Wildman–Crippen MR) is 85.6 cm³/mol. The van der Waals surface area contributed by atoms with Crippen molar-refractivity contribution in [2.24, 2.45) is 0 Å². The molecule has 5 nitrogen and oxygen atoms in total. The molecule has 0 aliphatic heterocycles. The second-order valence-corrected chi connectivity index (χ2v) is 5.36. The summed E-state index contributed by atoms with van der Waals surface area (Å²) in [5, 5.41) is 9.09. The van der Waals surface area contributed by atoms with Gasteiger partial charge in [0.25, 0.3) is 5.91 Å². The number of phenols is 1. The van der Waals surface area contributed by atoms with Crippen LogP contribution in [0.4, 0.5) is 23.3 Å². The van der Waals surface area contributed by atoms with E-state index in [4.69, 9.17) is 0 Å². The fourth-order valence-corrected chi connectivity index (χ4v) is 2.43. The van der Waals surface area contributed by atoms with Gasteiger partial charge in [0.05, 0.1) is 11.3 Å². The monoisotopic (exact) mass is 366 g/mol. The first-order valence-corrected chi connectivity index (χ1v) is 7.21. The number of amides is 1. The number of alkyl halides is 3. The van der Waals surface area contributed by atoms with Crippen LogP contribution in [0.25, 0.3) is 10.9 Å². The number of halogens is 4. The van der Waals surface area contributed by atoms with E-state index in [2.05, 4.69) is 4.98 Å². The SMILES string of the molecule is O=C(c1c[nH]c2ccccc2c1=O)N(F)c1ccc(C(F)(F)F)c(O)c1. The van der Waals surface area contributed by atoms with E-state index in [1.54, 1.807) is 18.2 Å². The van der Waals surface area contributed by atoms with E-state index in [-0.39, 0.29) is 5.39 Å². The molecule has 3 rings (SSSR count). The molecular formula is C17H10F4N2O3. The summed E-state index contributed by atoms with van der Waals surface area (Å²) in [5.41, 5.74) is -2.85. The molecule has 1 heterocycles. The number of anilines is 1. The molecule has 0 aliphatic rings. The Hall–Kier alpha value is -3.36. The van der Waals surface area contributed by atoms with Gasteiger partial charge in [-0.15, -0.1) is 5.12 Å². The minimum Gasteiger partial charge on any atom is -0.507 e. The van der Waals surface area contributed by atoms with E-state index in [0.717, 1.165) is 6.20 Å². The Kier molecular flexibility index (Phi) is 4.15. The maximum Gasteiger partial charge on any atom is 0.419 e. The zero-order valence-electron chi connectivity index (χ0n) is 12.8. The third kappa shape index (κ3) is 2.99. The van der Waals surface area contributed by atoms with Crippen LogP contribution in [-0.2, 0) is 6.18 Å². The van der Waals surface area contributed by atoms with Gasteiger partial charge in [0.15, 0.2) is 0 Å². The van der Waals surface area contributed by atoms with Crippen molar-refractivity contribution in [3.63, 3.8) is 0 Å². The summed E-state index contributed by atoms with van der Waals surface area (Å²) in [4.78, 5) is 27.2. The van der Waals surface area contributed by atoms with Crippen molar-refractivity contribution in [3.8, 4) is 5.75 Å². The molecule has 0 bridgehead atoms. The molecule has 1 amide bonds. The smallest absolute Gasteiger partial charge is 0.419 e.